The number of nitrogen functional groups attached to an aromatic ring is 1. The molecule has 1 aromatic carbocycles. The highest BCUT2D eigenvalue weighted by atomic mass is 16.5. The van der Waals surface area contributed by atoms with E-state index in [0.29, 0.717) is 11.4 Å². The third-order valence-electron chi connectivity index (χ3n) is 1.81. The van der Waals surface area contributed by atoms with E-state index in [1.807, 2.05) is 0 Å². The van der Waals surface area contributed by atoms with Crippen LogP contribution in [0, 0.1) is 0 Å². The summed E-state index contributed by atoms with van der Waals surface area (Å²) >= 11 is 0. The largest absolute Gasteiger partial charge is 0.481 e. The molecule has 0 spiro atoms. The SMILES string of the molecule is CNC(=O)C(C)Oc1ccc(N)cc1. The number of rotatable bonds is 3. The molecule has 4 nitrogen and oxygen atoms in total. The van der Waals surface area contributed by atoms with Crippen molar-refractivity contribution < 1.29 is 9.53 Å². The van der Waals surface area contributed by atoms with Gasteiger partial charge in [0.2, 0.25) is 0 Å². The van der Waals surface area contributed by atoms with E-state index in [-0.39, 0.29) is 5.91 Å². The Morgan fingerprint density at radius 2 is 2.00 bits per heavy atom. The van der Waals surface area contributed by atoms with Crippen LogP contribution in [0.5, 0.6) is 5.75 Å². The first-order valence-electron chi connectivity index (χ1n) is 4.37. The number of carbonyl (C=O) groups is 1. The Balaban J connectivity index is 2.60. The van der Waals surface area contributed by atoms with Gasteiger partial charge in [0.15, 0.2) is 6.10 Å². The first-order valence-corrected chi connectivity index (χ1v) is 4.37. The Labute approximate surface area is 83.1 Å². The maximum atomic E-state index is 11.1. The van der Waals surface area contributed by atoms with Gasteiger partial charge in [0.1, 0.15) is 5.75 Å². The minimum atomic E-state index is -0.497. The molecule has 0 fully saturated rings. The van der Waals surface area contributed by atoms with Gasteiger partial charge in [-0.1, -0.05) is 0 Å². The van der Waals surface area contributed by atoms with Crippen LogP contribution in [-0.4, -0.2) is 19.1 Å². The van der Waals surface area contributed by atoms with E-state index < -0.39 is 6.10 Å². The van der Waals surface area contributed by atoms with Crippen molar-refractivity contribution in [3.8, 4) is 5.75 Å². The first-order chi connectivity index (χ1) is 6.63. The fraction of sp³-hybridized carbons (Fsp3) is 0.300. The summed E-state index contributed by atoms with van der Waals surface area (Å²) in [5.74, 6) is 0.483. The lowest BCUT2D eigenvalue weighted by molar-refractivity contribution is -0.126. The van der Waals surface area contributed by atoms with Crippen molar-refractivity contribution in [2.45, 2.75) is 13.0 Å². The number of hydrogen-bond acceptors (Lipinski definition) is 3. The molecule has 0 aromatic heterocycles. The lowest BCUT2D eigenvalue weighted by atomic mass is 10.3. The molecular formula is C10H14N2O2. The molecular weight excluding hydrogens is 180 g/mol. The Kier molecular flexibility index (Phi) is 3.34. The van der Waals surface area contributed by atoms with Gasteiger partial charge in [-0.2, -0.15) is 0 Å². The second-order valence-electron chi connectivity index (χ2n) is 2.94. The van der Waals surface area contributed by atoms with E-state index in [1.54, 1.807) is 38.2 Å². The Bertz CT molecular complexity index is 308. The fourth-order valence-electron chi connectivity index (χ4n) is 1.01. The zero-order valence-corrected chi connectivity index (χ0v) is 8.28. The number of anilines is 1. The molecule has 0 aliphatic rings. The predicted molar refractivity (Wildman–Crippen MR) is 55.0 cm³/mol. The molecule has 0 radical (unpaired) electrons. The molecule has 0 aliphatic heterocycles. The second-order valence-corrected chi connectivity index (χ2v) is 2.94. The summed E-state index contributed by atoms with van der Waals surface area (Å²) in [6.45, 7) is 1.69. The van der Waals surface area contributed by atoms with Gasteiger partial charge in [-0.15, -0.1) is 0 Å². The molecule has 0 bridgehead atoms. The van der Waals surface area contributed by atoms with Gasteiger partial charge in [-0.3, -0.25) is 4.79 Å². The summed E-state index contributed by atoms with van der Waals surface area (Å²) < 4.78 is 5.35. The normalized spacial score (nSPS) is 11.9. The van der Waals surface area contributed by atoms with Crippen molar-refractivity contribution in [3.05, 3.63) is 24.3 Å². The van der Waals surface area contributed by atoms with Crippen LogP contribution >= 0.6 is 0 Å². The summed E-state index contributed by atoms with van der Waals surface area (Å²) in [7, 11) is 1.57. The summed E-state index contributed by atoms with van der Waals surface area (Å²) in [5, 5.41) is 2.51. The average Bonchev–Trinajstić information content (AvgIpc) is 2.20. The molecule has 1 amide bonds. The maximum absolute atomic E-state index is 11.1. The van der Waals surface area contributed by atoms with E-state index in [1.165, 1.54) is 0 Å². The standard InChI is InChI=1S/C10H14N2O2/c1-7(10(13)12-2)14-9-5-3-8(11)4-6-9/h3-7H,11H2,1-2H3,(H,12,13). The fourth-order valence-corrected chi connectivity index (χ4v) is 1.01. The first kappa shape index (κ1) is 10.4. The summed E-state index contributed by atoms with van der Waals surface area (Å²) in [6, 6.07) is 6.92. The van der Waals surface area contributed by atoms with E-state index in [2.05, 4.69) is 5.32 Å². The topological polar surface area (TPSA) is 64.3 Å². The zero-order chi connectivity index (χ0) is 10.6. The van der Waals surface area contributed by atoms with Crippen molar-refractivity contribution in [3.63, 3.8) is 0 Å². The van der Waals surface area contributed by atoms with Crippen LogP contribution in [0.15, 0.2) is 24.3 Å². The quantitative estimate of drug-likeness (QED) is 0.699. The van der Waals surface area contributed by atoms with Gasteiger partial charge in [0.25, 0.3) is 5.91 Å². The van der Waals surface area contributed by atoms with Gasteiger partial charge in [-0.05, 0) is 31.2 Å². The third kappa shape index (κ3) is 2.65. The van der Waals surface area contributed by atoms with Crippen molar-refractivity contribution in [1.29, 1.82) is 0 Å². The summed E-state index contributed by atoms with van der Waals surface area (Å²) in [6.07, 6.45) is -0.497. The van der Waals surface area contributed by atoms with Crippen LogP contribution in [0.2, 0.25) is 0 Å². The molecule has 3 N–H and O–H groups in total. The smallest absolute Gasteiger partial charge is 0.260 e. The van der Waals surface area contributed by atoms with Crippen molar-refractivity contribution in [2.24, 2.45) is 0 Å². The Morgan fingerprint density at radius 3 is 2.50 bits per heavy atom. The number of benzene rings is 1. The number of carbonyl (C=O) groups excluding carboxylic acids is 1. The van der Waals surface area contributed by atoms with Crippen LogP contribution < -0.4 is 15.8 Å². The minimum Gasteiger partial charge on any atom is -0.481 e. The summed E-state index contributed by atoms with van der Waals surface area (Å²) in [5.41, 5.74) is 6.18. The number of ether oxygens (including phenoxy) is 1. The molecule has 0 aliphatic carbocycles. The van der Waals surface area contributed by atoms with Crippen molar-refractivity contribution in [1.82, 2.24) is 5.32 Å². The lowest BCUT2D eigenvalue weighted by Gasteiger charge is -2.12. The second kappa shape index (κ2) is 4.50. The van der Waals surface area contributed by atoms with E-state index >= 15 is 0 Å². The number of likely N-dealkylation sites (N-methyl/N-ethyl adjacent to an activating group) is 1. The Hall–Kier alpha value is -1.71. The molecule has 0 saturated heterocycles. The van der Waals surface area contributed by atoms with Crippen LogP contribution in [0.3, 0.4) is 0 Å². The zero-order valence-electron chi connectivity index (χ0n) is 8.28. The van der Waals surface area contributed by atoms with Gasteiger partial charge in [-0.25, -0.2) is 0 Å². The number of nitrogens with one attached hydrogen (secondary N) is 1. The molecule has 4 heteroatoms. The van der Waals surface area contributed by atoms with Crippen LogP contribution in [-0.2, 0) is 4.79 Å². The van der Waals surface area contributed by atoms with Gasteiger partial charge < -0.3 is 15.8 Å². The average molecular weight is 194 g/mol. The molecule has 1 rings (SSSR count). The molecule has 1 unspecified atom stereocenters. The van der Waals surface area contributed by atoms with Gasteiger partial charge >= 0.3 is 0 Å². The molecule has 1 aromatic rings. The highest BCUT2D eigenvalue weighted by molar-refractivity contribution is 5.80. The minimum absolute atomic E-state index is 0.151. The van der Waals surface area contributed by atoms with E-state index in [0.717, 1.165) is 0 Å². The number of hydrogen-bond donors (Lipinski definition) is 2. The predicted octanol–water partition coefficient (Wildman–Crippen LogP) is 0.782. The summed E-state index contributed by atoms with van der Waals surface area (Å²) in [4.78, 5) is 11.1. The monoisotopic (exact) mass is 194 g/mol. The highest BCUT2D eigenvalue weighted by Crippen LogP contribution is 2.14. The highest BCUT2D eigenvalue weighted by Gasteiger charge is 2.11. The number of nitrogens with two attached hydrogens (primary N) is 1. The van der Waals surface area contributed by atoms with Crippen LogP contribution in [0.4, 0.5) is 5.69 Å². The number of amides is 1. The molecule has 14 heavy (non-hydrogen) atoms. The lowest BCUT2D eigenvalue weighted by Crippen LogP contribution is -2.33. The maximum Gasteiger partial charge on any atom is 0.260 e. The molecule has 76 valence electrons. The molecule has 0 saturated carbocycles. The molecule has 1 atom stereocenters. The van der Waals surface area contributed by atoms with E-state index in [4.69, 9.17) is 10.5 Å². The third-order valence-corrected chi connectivity index (χ3v) is 1.81. The van der Waals surface area contributed by atoms with Gasteiger partial charge in [0.05, 0.1) is 0 Å². The van der Waals surface area contributed by atoms with E-state index in [9.17, 15) is 4.79 Å². The van der Waals surface area contributed by atoms with Crippen LogP contribution in [0.1, 0.15) is 6.92 Å². The van der Waals surface area contributed by atoms with Gasteiger partial charge in [0, 0.05) is 12.7 Å². The van der Waals surface area contributed by atoms with Crippen molar-refractivity contribution >= 4 is 11.6 Å². The van der Waals surface area contributed by atoms with Crippen molar-refractivity contribution in [2.75, 3.05) is 12.8 Å². The Morgan fingerprint density at radius 1 is 1.43 bits per heavy atom. The van der Waals surface area contributed by atoms with Crippen LogP contribution in [0.25, 0.3) is 0 Å². The molecule has 0 heterocycles.